The maximum absolute atomic E-state index is 9.93. The van der Waals surface area contributed by atoms with E-state index in [-0.39, 0.29) is 5.11 Å². The van der Waals surface area contributed by atoms with E-state index in [2.05, 4.69) is 28.3 Å². The van der Waals surface area contributed by atoms with Crippen molar-refractivity contribution in [3.8, 4) is 0 Å². The number of nitrogens with two attached hydrogens (primary N) is 2. The van der Waals surface area contributed by atoms with E-state index < -0.39 is 6.03 Å². The van der Waals surface area contributed by atoms with Crippen LogP contribution in [-0.2, 0) is 0 Å². The number of hydrogen-bond donors (Lipinski definition) is 4. The monoisotopic (exact) mass is 162 g/mol. The van der Waals surface area contributed by atoms with Crippen LogP contribution in [0.3, 0.4) is 0 Å². The van der Waals surface area contributed by atoms with Gasteiger partial charge in [0.2, 0.25) is 5.11 Å². The van der Waals surface area contributed by atoms with Crippen molar-refractivity contribution in [2.45, 2.75) is 0 Å². The van der Waals surface area contributed by atoms with Crippen LogP contribution in [0.15, 0.2) is 10.3 Å². The molecule has 0 heterocycles. The lowest BCUT2D eigenvalue weighted by Gasteiger charge is -1.94. The highest BCUT2D eigenvalue weighted by atomic mass is 32.1. The van der Waals surface area contributed by atoms with E-state index in [1.165, 1.54) is 0 Å². The smallest absolute Gasteiger partial charge is 0.332 e. The van der Waals surface area contributed by atoms with Crippen molar-refractivity contribution in [3.05, 3.63) is 0 Å². The van der Waals surface area contributed by atoms with Gasteiger partial charge in [0.1, 0.15) is 0 Å². The maximum Gasteiger partial charge on any atom is 0.332 e. The van der Waals surface area contributed by atoms with Crippen LogP contribution in [-0.4, -0.2) is 11.1 Å². The first-order chi connectivity index (χ1) is 4.63. The van der Waals surface area contributed by atoms with Gasteiger partial charge < -0.3 is 11.5 Å². The van der Waals surface area contributed by atoms with Crippen molar-refractivity contribution >= 4 is 23.4 Å². The molecule has 0 aliphatic carbocycles. The van der Waals surface area contributed by atoms with Crippen LogP contribution in [0.25, 0.3) is 0 Å². The van der Waals surface area contributed by atoms with E-state index in [4.69, 9.17) is 5.73 Å². The van der Waals surface area contributed by atoms with Gasteiger partial charge in [-0.15, -0.1) is 5.11 Å². The maximum atomic E-state index is 9.93. The molecule has 10 heavy (non-hydrogen) atoms. The second-order valence-corrected chi connectivity index (χ2v) is 1.56. The summed E-state index contributed by atoms with van der Waals surface area (Å²) in [7, 11) is 0. The van der Waals surface area contributed by atoms with Gasteiger partial charge in [0.15, 0.2) is 0 Å². The molecule has 0 aliphatic rings. The number of primary amides is 1. The molecule has 0 rings (SSSR count). The lowest BCUT2D eigenvalue weighted by molar-refractivity contribution is 0.244. The van der Waals surface area contributed by atoms with Crippen LogP contribution < -0.4 is 22.4 Å². The van der Waals surface area contributed by atoms with Crippen molar-refractivity contribution < 1.29 is 4.79 Å². The molecule has 0 atom stereocenters. The third-order valence-electron chi connectivity index (χ3n) is 0.378. The second kappa shape index (κ2) is 4.44. The first-order valence-electron chi connectivity index (χ1n) is 2.13. The summed E-state index contributed by atoms with van der Waals surface area (Å²) >= 11 is 4.31. The van der Waals surface area contributed by atoms with E-state index in [0.29, 0.717) is 0 Å². The Bertz CT molecular complexity index is 165. The molecule has 0 unspecified atom stereocenters. The van der Waals surface area contributed by atoms with E-state index in [1.807, 2.05) is 11.0 Å². The predicted octanol–water partition coefficient (Wildman–Crippen LogP) is -1.23. The molecule has 0 fully saturated rings. The SMILES string of the molecule is NC(=O)NNN=NC(N)=S. The van der Waals surface area contributed by atoms with Crippen molar-refractivity contribution in [3.63, 3.8) is 0 Å². The molecule has 7 nitrogen and oxygen atoms in total. The number of rotatable bonds is 2. The summed E-state index contributed by atoms with van der Waals surface area (Å²) < 4.78 is 0. The molecule has 0 saturated carbocycles. The van der Waals surface area contributed by atoms with Crippen LogP contribution in [0, 0.1) is 0 Å². The van der Waals surface area contributed by atoms with Gasteiger partial charge in [0, 0.05) is 0 Å². The first kappa shape index (κ1) is 8.56. The van der Waals surface area contributed by atoms with Crippen LogP contribution in [0.2, 0.25) is 0 Å². The molecule has 0 saturated heterocycles. The molecule has 2 amide bonds. The van der Waals surface area contributed by atoms with Gasteiger partial charge in [-0.25, -0.2) is 10.2 Å². The lowest BCUT2D eigenvalue weighted by Crippen LogP contribution is -2.37. The van der Waals surface area contributed by atoms with Gasteiger partial charge in [-0.3, -0.25) is 0 Å². The molecule has 56 valence electrons. The summed E-state index contributed by atoms with van der Waals surface area (Å²) in [6.45, 7) is 0. The molecule has 0 aromatic carbocycles. The molecular formula is C2H6N6OS. The average Bonchev–Trinajstić information content (AvgIpc) is 1.79. The molecule has 6 N–H and O–H groups in total. The molecule has 0 aromatic heterocycles. The molecule has 0 aromatic rings. The summed E-state index contributed by atoms with van der Waals surface area (Å²) in [6, 6.07) is -0.776. The fourth-order valence-electron chi connectivity index (χ4n) is 0.154. The molecule has 0 aliphatic heterocycles. The Kier molecular flexibility index (Phi) is 3.80. The minimum absolute atomic E-state index is 0.140. The summed E-state index contributed by atoms with van der Waals surface area (Å²) in [6.07, 6.45) is 0. The third kappa shape index (κ3) is 6.56. The first-order valence-corrected chi connectivity index (χ1v) is 2.54. The standard InChI is InChI=1S/C2H6N6OS/c3-1(9)5-7-8-6-2(4)10/h(H3,3,5,8,9)(H3,4,6,7,10). The zero-order valence-electron chi connectivity index (χ0n) is 4.87. The highest BCUT2D eigenvalue weighted by molar-refractivity contribution is 7.80. The van der Waals surface area contributed by atoms with Crippen LogP contribution in [0.1, 0.15) is 0 Å². The van der Waals surface area contributed by atoms with Crippen LogP contribution in [0.4, 0.5) is 4.79 Å². The second-order valence-electron chi connectivity index (χ2n) is 1.14. The van der Waals surface area contributed by atoms with Gasteiger partial charge >= 0.3 is 6.03 Å². The Labute approximate surface area is 61.8 Å². The Balaban J connectivity index is 3.36. The fraction of sp³-hybridized carbons (Fsp3) is 0. The van der Waals surface area contributed by atoms with Gasteiger partial charge in [-0.05, 0) is 12.2 Å². The van der Waals surface area contributed by atoms with E-state index in [1.54, 1.807) is 0 Å². The number of amides is 2. The van der Waals surface area contributed by atoms with Gasteiger partial charge in [0.25, 0.3) is 0 Å². The highest BCUT2D eigenvalue weighted by Gasteiger charge is 1.83. The number of carbonyl (C=O) groups is 1. The number of nitrogens with zero attached hydrogens (tertiary/aromatic N) is 2. The molecule has 0 bridgehead atoms. The predicted molar refractivity (Wildman–Crippen MR) is 37.5 cm³/mol. The van der Waals surface area contributed by atoms with E-state index in [9.17, 15) is 4.79 Å². The number of nitrogens with one attached hydrogen (secondary N) is 2. The van der Waals surface area contributed by atoms with Gasteiger partial charge in [-0.1, -0.05) is 5.22 Å². The molecule has 0 spiro atoms. The van der Waals surface area contributed by atoms with Crippen molar-refractivity contribution in [1.82, 2.24) is 11.0 Å². The van der Waals surface area contributed by atoms with Crippen molar-refractivity contribution in [2.24, 2.45) is 21.8 Å². The zero-order chi connectivity index (χ0) is 7.98. The summed E-state index contributed by atoms with van der Waals surface area (Å²) in [4.78, 5) is 9.93. The quantitative estimate of drug-likeness (QED) is 0.231. The highest BCUT2D eigenvalue weighted by Crippen LogP contribution is 1.67. The number of thiocarbonyl (C=S) groups is 1. The normalized spacial score (nSPS) is 9.20. The minimum Gasteiger partial charge on any atom is -0.373 e. The van der Waals surface area contributed by atoms with Crippen molar-refractivity contribution in [1.29, 1.82) is 0 Å². The summed E-state index contributed by atoms with van der Waals surface area (Å²) in [5.41, 5.74) is 13.4. The Morgan fingerprint density at radius 2 is 2.10 bits per heavy atom. The van der Waals surface area contributed by atoms with Gasteiger partial charge in [-0.2, -0.15) is 5.53 Å². The number of urea groups is 1. The van der Waals surface area contributed by atoms with Crippen molar-refractivity contribution in [2.75, 3.05) is 0 Å². The number of hydrogen-bond acceptors (Lipinski definition) is 3. The Morgan fingerprint density at radius 1 is 1.50 bits per heavy atom. The minimum atomic E-state index is -0.776. The van der Waals surface area contributed by atoms with E-state index in [0.717, 1.165) is 0 Å². The Morgan fingerprint density at radius 3 is 2.50 bits per heavy atom. The van der Waals surface area contributed by atoms with E-state index >= 15 is 0 Å². The largest absolute Gasteiger partial charge is 0.373 e. The zero-order valence-corrected chi connectivity index (χ0v) is 5.68. The summed E-state index contributed by atoms with van der Waals surface area (Å²) in [5, 5.41) is 6.12. The third-order valence-corrected chi connectivity index (χ3v) is 0.459. The molecular weight excluding hydrogens is 156 g/mol. The fourth-order valence-corrected chi connectivity index (χ4v) is 0.195. The molecule has 8 heteroatoms. The Hall–Kier alpha value is -1.44. The lowest BCUT2D eigenvalue weighted by atomic mass is 11.1. The number of hydrazine groups is 1. The van der Waals surface area contributed by atoms with Gasteiger partial charge in [0.05, 0.1) is 0 Å². The number of carbonyl (C=O) groups excluding carboxylic acids is 1. The summed E-state index contributed by atoms with van der Waals surface area (Å²) in [5.74, 6) is 0. The average molecular weight is 162 g/mol. The van der Waals surface area contributed by atoms with Crippen LogP contribution in [0.5, 0.6) is 0 Å². The molecule has 0 radical (unpaired) electrons. The topological polar surface area (TPSA) is 118 Å². The van der Waals surface area contributed by atoms with Crippen LogP contribution >= 0.6 is 12.2 Å².